The van der Waals surface area contributed by atoms with E-state index in [1.165, 1.54) is 12.1 Å². The Kier molecular flexibility index (Phi) is 4.70. The standard InChI is InChI=1S/C16H20FN3O4S/c1-2-3-11-5-4-10(8-18-11)12-6-7-13(21)16(15(12)17)20-9-14(22)19-25(20,23)24/h4,6-7,11,18,21H,2-3,5,8-9H2,1H3,(H,19,22). The van der Waals surface area contributed by atoms with Crippen molar-refractivity contribution in [3.8, 4) is 5.75 Å². The summed E-state index contributed by atoms with van der Waals surface area (Å²) in [7, 11) is -4.20. The van der Waals surface area contributed by atoms with Gasteiger partial charge in [0, 0.05) is 18.2 Å². The zero-order valence-corrected chi connectivity index (χ0v) is 14.6. The van der Waals surface area contributed by atoms with Crippen LogP contribution in [0.5, 0.6) is 5.75 Å². The van der Waals surface area contributed by atoms with Crippen LogP contribution in [-0.2, 0) is 15.0 Å². The first kappa shape index (κ1) is 17.7. The Morgan fingerprint density at radius 2 is 2.16 bits per heavy atom. The number of carbonyl (C=O) groups excluding carboxylic acids is 1. The summed E-state index contributed by atoms with van der Waals surface area (Å²) in [6.07, 6.45) is 4.75. The van der Waals surface area contributed by atoms with Gasteiger partial charge in [0.1, 0.15) is 18.0 Å². The number of aromatic hydroxyl groups is 1. The lowest BCUT2D eigenvalue weighted by Crippen LogP contribution is -2.33. The number of rotatable bonds is 4. The molecule has 0 bridgehead atoms. The summed E-state index contributed by atoms with van der Waals surface area (Å²) in [4.78, 5) is 11.4. The second-order valence-electron chi connectivity index (χ2n) is 6.16. The SMILES string of the molecule is CCCC1CC=C(c2ccc(O)c(N3CC(=O)NS3(=O)=O)c2F)CN1. The van der Waals surface area contributed by atoms with E-state index in [-0.39, 0.29) is 5.56 Å². The maximum atomic E-state index is 15.0. The topological polar surface area (TPSA) is 98.7 Å². The molecule has 9 heteroatoms. The highest BCUT2D eigenvalue weighted by molar-refractivity contribution is 7.92. The fourth-order valence-corrected chi connectivity index (χ4v) is 4.32. The Morgan fingerprint density at radius 1 is 1.40 bits per heavy atom. The van der Waals surface area contributed by atoms with Crippen LogP contribution in [0.1, 0.15) is 31.7 Å². The van der Waals surface area contributed by atoms with Gasteiger partial charge in [-0.2, -0.15) is 8.42 Å². The van der Waals surface area contributed by atoms with Gasteiger partial charge >= 0.3 is 10.2 Å². The molecule has 0 aromatic heterocycles. The van der Waals surface area contributed by atoms with Crippen LogP contribution in [0.25, 0.3) is 5.57 Å². The number of benzene rings is 1. The molecule has 3 rings (SSSR count). The van der Waals surface area contributed by atoms with Gasteiger partial charge in [0.05, 0.1) is 0 Å². The molecule has 1 amide bonds. The van der Waals surface area contributed by atoms with E-state index in [1.54, 1.807) is 4.72 Å². The normalized spacial score (nSPS) is 22.6. The van der Waals surface area contributed by atoms with Crippen molar-refractivity contribution < 1.29 is 22.7 Å². The van der Waals surface area contributed by atoms with Crippen molar-refractivity contribution >= 4 is 27.4 Å². The fraction of sp³-hybridized carbons (Fsp3) is 0.438. The third kappa shape index (κ3) is 3.34. The Bertz CT molecular complexity index is 838. The van der Waals surface area contributed by atoms with E-state index in [0.717, 1.165) is 19.3 Å². The minimum atomic E-state index is -4.20. The van der Waals surface area contributed by atoms with Crippen molar-refractivity contribution in [1.82, 2.24) is 10.0 Å². The number of halogens is 1. The smallest absolute Gasteiger partial charge is 0.326 e. The molecule has 0 saturated carbocycles. The first-order chi connectivity index (χ1) is 11.8. The predicted molar refractivity (Wildman–Crippen MR) is 91.8 cm³/mol. The predicted octanol–water partition coefficient (Wildman–Crippen LogP) is 1.26. The molecule has 1 aromatic rings. The van der Waals surface area contributed by atoms with Gasteiger partial charge < -0.3 is 10.4 Å². The summed E-state index contributed by atoms with van der Waals surface area (Å²) < 4.78 is 41.3. The maximum Gasteiger partial charge on any atom is 0.326 e. The van der Waals surface area contributed by atoms with E-state index in [2.05, 4.69) is 12.2 Å². The molecule has 136 valence electrons. The Labute approximate surface area is 145 Å². The quantitative estimate of drug-likeness (QED) is 0.742. The number of nitrogens with one attached hydrogen (secondary N) is 2. The molecule has 0 aliphatic carbocycles. The lowest BCUT2D eigenvalue weighted by Gasteiger charge is -2.25. The maximum absolute atomic E-state index is 15.0. The molecule has 7 nitrogen and oxygen atoms in total. The minimum absolute atomic E-state index is 0.213. The van der Waals surface area contributed by atoms with Crippen molar-refractivity contribution in [3.63, 3.8) is 0 Å². The van der Waals surface area contributed by atoms with Crippen LogP contribution in [0.4, 0.5) is 10.1 Å². The van der Waals surface area contributed by atoms with E-state index in [4.69, 9.17) is 0 Å². The number of phenols is 1. The summed E-state index contributed by atoms with van der Waals surface area (Å²) in [6.45, 7) is 1.99. The molecule has 2 aliphatic rings. The van der Waals surface area contributed by atoms with Gasteiger partial charge in [0.15, 0.2) is 5.82 Å². The van der Waals surface area contributed by atoms with Gasteiger partial charge in [0.2, 0.25) is 0 Å². The van der Waals surface area contributed by atoms with Crippen LogP contribution in [-0.4, -0.2) is 38.6 Å². The number of hydrogen-bond acceptors (Lipinski definition) is 5. The summed E-state index contributed by atoms with van der Waals surface area (Å²) in [5, 5.41) is 13.3. The number of phenolic OH excluding ortho intramolecular Hbond substituents is 1. The summed E-state index contributed by atoms with van der Waals surface area (Å²) in [5.41, 5.74) is 0.402. The van der Waals surface area contributed by atoms with Gasteiger partial charge in [0.25, 0.3) is 5.91 Å². The zero-order chi connectivity index (χ0) is 18.2. The number of nitrogens with zero attached hydrogens (tertiary/aromatic N) is 1. The molecular formula is C16H20FN3O4S. The molecule has 1 unspecified atom stereocenters. The average Bonchev–Trinajstić information content (AvgIpc) is 2.81. The highest BCUT2D eigenvalue weighted by atomic mass is 32.2. The number of carbonyl (C=O) groups is 1. The van der Waals surface area contributed by atoms with Gasteiger partial charge in [-0.3, -0.25) is 4.79 Å². The fourth-order valence-electron chi connectivity index (χ4n) is 3.15. The van der Waals surface area contributed by atoms with Crippen LogP contribution in [0.3, 0.4) is 0 Å². The van der Waals surface area contributed by atoms with Crippen LogP contribution in [0.15, 0.2) is 18.2 Å². The lowest BCUT2D eigenvalue weighted by atomic mass is 9.96. The van der Waals surface area contributed by atoms with E-state index >= 15 is 4.39 Å². The molecule has 0 spiro atoms. The highest BCUT2D eigenvalue weighted by Gasteiger charge is 2.38. The lowest BCUT2D eigenvalue weighted by molar-refractivity contribution is -0.117. The summed E-state index contributed by atoms with van der Waals surface area (Å²) in [5.74, 6) is -2.17. The second-order valence-corrected chi connectivity index (χ2v) is 7.76. The van der Waals surface area contributed by atoms with E-state index in [1.807, 2.05) is 6.08 Å². The Hall–Kier alpha value is -2.13. The molecule has 2 aliphatic heterocycles. The number of anilines is 1. The van der Waals surface area contributed by atoms with Crippen LogP contribution < -0.4 is 14.3 Å². The van der Waals surface area contributed by atoms with E-state index in [0.29, 0.717) is 22.5 Å². The number of hydrogen-bond donors (Lipinski definition) is 3. The molecule has 1 saturated heterocycles. The molecule has 25 heavy (non-hydrogen) atoms. The largest absolute Gasteiger partial charge is 0.506 e. The minimum Gasteiger partial charge on any atom is -0.506 e. The molecule has 3 N–H and O–H groups in total. The van der Waals surface area contributed by atoms with Gasteiger partial charge in [-0.05, 0) is 30.5 Å². The molecule has 2 heterocycles. The van der Waals surface area contributed by atoms with Crippen LogP contribution in [0, 0.1) is 5.82 Å². The highest BCUT2D eigenvalue weighted by Crippen LogP contribution is 2.37. The van der Waals surface area contributed by atoms with Crippen LogP contribution >= 0.6 is 0 Å². The first-order valence-corrected chi connectivity index (χ1v) is 9.55. The average molecular weight is 369 g/mol. The molecule has 0 radical (unpaired) electrons. The van der Waals surface area contributed by atoms with Crippen molar-refractivity contribution in [2.45, 2.75) is 32.2 Å². The molecular weight excluding hydrogens is 349 g/mol. The third-order valence-corrected chi connectivity index (χ3v) is 5.76. The second kappa shape index (κ2) is 6.64. The monoisotopic (exact) mass is 369 g/mol. The zero-order valence-electron chi connectivity index (χ0n) is 13.8. The third-order valence-electron chi connectivity index (χ3n) is 4.38. The van der Waals surface area contributed by atoms with Crippen molar-refractivity contribution in [3.05, 3.63) is 29.6 Å². The number of amides is 1. The Morgan fingerprint density at radius 3 is 2.72 bits per heavy atom. The first-order valence-electron chi connectivity index (χ1n) is 8.11. The van der Waals surface area contributed by atoms with Crippen molar-refractivity contribution in [1.29, 1.82) is 0 Å². The van der Waals surface area contributed by atoms with Gasteiger partial charge in [-0.25, -0.2) is 13.4 Å². The van der Waals surface area contributed by atoms with Crippen molar-refractivity contribution in [2.75, 3.05) is 17.4 Å². The van der Waals surface area contributed by atoms with E-state index < -0.39 is 39.9 Å². The van der Waals surface area contributed by atoms with Gasteiger partial charge in [-0.15, -0.1) is 0 Å². The summed E-state index contributed by atoms with van der Waals surface area (Å²) in [6, 6.07) is 3.00. The molecule has 1 atom stereocenters. The van der Waals surface area contributed by atoms with Gasteiger partial charge in [-0.1, -0.05) is 19.4 Å². The molecule has 1 aromatic carbocycles. The van der Waals surface area contributed by atoms with Crippen molar-refractivity contribution in [2.24, 2.45) is 0 Å². The summed E-state index contributed by atoms with van der Waals surface area (Å²) >= 11 is 0. The van der Waals surface area contributed by atoms with Crippen LogP contribution in [0.2, 0.25) is 0 Å². The molecule has 1 fully saturated rings. The van der Waals surface area contributed by atoms with E-state index in [9.17, 15) is 18.3 Å². The Balaban J connectivity index is 1.98.